The molecular formula is C15H17BrN2O2S. The van der Waals surface area contributed by atoms with E-state index in [9.17, 15) is 9.90 Å². The molecule has 1 aromatic carbocycles. The zero-order valence-electron chi connectivity index (χ0n) is 12.1. The van der Waals surface area contributed by atoms with E-state index in [1.165, 1.54) is 11.3 Å². The topological polar surface area (TPSA) is 53.4 Å². The van der Waals surface area contributed by atoms with Gasteiger partial charge in [-0.25, -0.2) is 4.98 Å². The fraction of sp³-hybridized carbons (Fsp3) is 0.333. The SMILES string of the molecule is CN(Cc1ccccc1Br)c1nc(C(C)(C)C(=O)O)cs1. The second kappa shape index (κ2) is 6.15. The molecule has 0 saturated heterocycles. The normalized spacial score (nSPS) is 11.4. The van der Waals surface area contributed by atoms with Crippen LogP contribution in [0.5, 0.6) is 0 Å². The lowest BCUT2D eigenvalue weighted by Gasteiger charge is -2.18. The van der Waals surface area contributed by atoms with Crippen LogP contribution in [0.15, 0.2) is 34.1 Å². The van der Waals surface area contributed by atoms with Gasteiger partial charge in [-0.05, 0) is 25.5 Å². The number of aromatic nitrogens is 1. The fourth-order valence-electron chi connectivity index (χ4n) is 1.79. The number of anilines is 1. The number of thiazole rings is 1. The molecule has 0 saturated carbocycles. The first-order valence-corrected chi connectivity index (χ1v) is 8.13. The Bertz CT molecular complexity index is 655. The zero-order valence-corrected chi connectivity index (χ0v) is 14.5. The standard InChI is InChI=1S/C15H17BrN2O2S/c1-15(2,13(19)20)12-9-21-14(17-12)18(3)8-10-6-4-5-7-11(10)16/h4-7,9H,8H2,1-3H3,(H,19,20). The van der Waals surface area contributed by atoms with Gasteiger partial charge in [-0.3, -0.25) is 4.79 Å². The third-order valence-corrected chi connectivity index (χ3v) is 5.09. The van der Waals surface area contributed by atoms with Crippen LogP contribution in [0.2, 0.25) is 0 Å². The molecule has 1 aromatic heterocycles. The summed E-state index contributed by atoms with van der Waals surface area (Å²) in [4.78, 5) is 17.8. The number of hydrogen-bond donors (Lipinski definition) is 1. The van der Waals surface area contributed by atoms with Crippen molar-refractivity contribution in [1.29, 1.82) is 0 Å². The molecule has 21 heavy (non-hydrogen) atoms. The van der Waals surface area contributed by atoms with E-state index in [1.807, 2.05) is 35.5 Å². The van der Waals surface area contributed by atoms with Gasteiger partial charge in [0.2, 0.25) is 0 Å². The molecule has 2 aromatic rings. The predicted octanol–water partition coefficient (Wildman–Crippen LogP) is 3.90. The molecule has 0 aliphatic carbocycles. The molecule has 1 heterocycles. The first-order chi connectivity index (χ1) is 9.82. The van der Waals surface area contributed by atoms with Crippen molar-refractivity contribution in [1.82, 2.24) is 4.98 Å². The predicted molar refractivity (Wildman–Crippen MR) is 89.0 cm³/mol. The van der Waals surface area contributed by atoms with E-state index < -0.39 is 11.4 Å². The van der Waals surface area contributed by atoms with Crippen LogP contribution in [-0.2, 0) is 16.8 Å². The number of hydrogen-bond acceptors (Lipinski definition) is 4. The van der Waals surface area contributed by atoms with Gasteiger partial charge in [-0.2, -0.15) is 0 Å². The van der Waals surface area contributed by atoms with Gasteiger partial charge in [-0.1, -0.05) is 34.1 Å². The van der Waals surface area contributed by atoms with E-state index in [-0.39, 0.29) is 0 Å². The van der Waals surface area contributed by atoms with Crippen LogP contribution >= 0.6 is 27.3 Å². The number of carboxylic acid groups (broad SMARTS) is 1. The van der Waals surface area contributed by atoms with Gasteiger partial charge in [0.05, 0.1) is 5.69 Å². The summed E-state index contributed by atoms with van der Waals surface area (Å²) in [5.74, 6) is -0.868. The monoisotopic (exact) mass is 368 g/mol. The second-order valence-corrected chi connectivity index (χ2v) is 7.08. The maximum absolute atomic E-state index is 11.3. The highest BCUT2D eigenvalue weighted by atomic mass is 79.9. The summed E-state index contributed by atoms with van der Waals surface area (Å²) < 4.78 is 1.06. The smallest absolute Gasteiger partial charge is 0.315 e. The van der Waals surface area contributed by atoms with Gasteiger partial charge in [0, 0.05) is 23.4 Å². The Kier molecular flexibility index (Phi) is 4.68. The Hall–Kier alpha value is -1.40. The molecule has 112 valence electrons. The fourth-order valence-corrected chi connectivity index (χ4v) is 3.16. The number of halogens is 1. The summed E-state index contributed by atoms with van der Waals surface area (Å²) in [6, 6.07) is 8.03. The molecule has 0 amide bonds. The Morgan fingerprint density at radius 2 is 2.10 bits per heavy atom. The van der Waals surface area contributed by atoms with E-state index in [2.05, 4.69) is 27.0 Å². The van der Waals surface area contributed by atoms with Crippen LogP contribution in [0.4, 0.5) is 5.13 Å². The van der Waals surface area contributed by atoms with Crippen molar-refractivity contribution in [3.05, 3.63) is 45.4 Å². The lowest BCUT2D eigenvalue weighted by Crippen LogP contribution is -2.29. The van der Waals surface area contributed by atoms with Gasteiger partial charge < -0.3 is 10.0 Å². The highest BCUT2D eigenvalue weighted by Gasteiger charge is 2.32. The van der Waals surface area contributed by atoms with Gasteiger partial charge in [-0.15, -0.1) is 11.3 Å². The summed E-state index contributed by atoms with van der Waals surface area (Å²) in [6.45, 7) is 4.05. The van der Waals surface area contributed by atoms with E-state index >= 15 is 0 Å². The highest BCUT2D eigenvalue weighted by Crippen LogP contribution is 2.30. The molecule has 0 bridgehead atoms. The molecule has 0 unspecified atom stereocenters. The molecule has 0 aliphatic rings. The largest absolute Gasteiger partial charge is 0.481 e. The van der Waals surface area contributed by atoms with Crippen molar-refractivity contribution in [3.63, 3.8) is 0 Å². The van der Waals surface area contributed by atoms with E-state index in [1.54, 1.807) is 13.8 Å². The van der Waals surface area contributed by atoms with Crippen molar-refractivity contribution in [2.24, 2.45) is 0 Å². The van der Waals surface area contributed by atoms with Crippen molar-refractivity contribution in [2.75, 3.05) is 11.9 Å². The van der Waals surface area contributed by atoms with Gasteiger partial charge in [0.25, 0.3) is 0 Å². The summed E-state index contributed by atoms with van der Waals surface area (Å²) >= 11 is 5.00. The van der Waals surface area contributed by atoms with Crippen LogP contribution < -0.4 is 4.90 Å². The number of carbonyl (C=O) groups is 1. The molecule has 0 aliphatic heterocycles. The molecule has 0 radical (unpaired) electrons. The van der Waals surface area contributed by atoms with Gasteiger partial charge >= 0.3 is 5.97 Å². The average molecular weight is 369 g/mol. The quantitative estimate of drug-likeness (QED) is 0.869. The lowest BCUT2D eigenvalue weighted by atomic mass is 9.90. The summed E-state index contributed by atoms with van der Waals surface area (Å²) in [7, 11) is 1.95. The minimum atomic E-state index is -0.969. The highest BCUT2D eigenvalue weighted by molar-refractivity contribution is 9.10. The average Bonchev–Trinajstić information content (AvgIpc) is 2.91. The van der Waals surface area contributed by atoms with Crippen LogP contribution in [0.3, 0.4) is 0 Å². The maximum Gasteiger partial charge on any atom is 0.315 e. The number of aliphatic carboxylic acids is 1. The Morgan fingerprint density at radius 1 is 1.43 bits per heavy atom. The molecule has 0 spiro atoms. The molecule has 6 heteroatoms. The molecule has 0 fully saturated rings. The van der Waals surface area contributed by atoms with Gasteiger partial charge in [0.1, 0.15) is 5.41 Å². The van der Waals surface area contributed by atoms with Crippen molar-refractivity contribution >= 4 is 38.4 Å². The van der Waals surface area contributed by atoms with Crippen molar-refractivity contribution in [3.8, 4) is 0 Å². The summed E-state index contributed by atoms with van der Waals surface area (Å²) in [6.07, 6.45) is 0. The third-order valence-electron chi connectivity index (χ3n) is 3.36. The molecule has 2 rings (SSSR count). The molecule has 0 atom stereocenters. The Balaban J connectivity index is 2.18. The summed E-state index contributed by atoms with van der Waals surface area (Å²) in [5.41, 5.74) is 0.784. The van der Waals surface area contributed by atoms with Crippen molar-refractivity contribution < 1.29 is 9.90 Å². The van der Waals surface area contributed by atoms with Crippen molar-refractivity contribution in [2.45, 2.75) is 25.8 Å². The van der Waals surface area contributed by atoms with E-state index in [4.69, 9.17) is 0 Å². The maximum atomic E-state index is 11.3. The van der Waals surface area contributed by atoms with Crippen LogP contribution in [-0.4, -0.2) is 23.1 Å². The molecular weight excluding hydrogens is 352 g/mol. The Morgan fingerprint density at radius 3 is 2.71 bits per heavy atom. The minimum Gasteiger partial charge on any atom is -0.481 e. The Labute approximate surface area is 136 Å². The summed E-state index contributed by atoms with van der Waals surface area (Å²) in [5, 5.41) is 11.9. The van der Waals surface area contributed by atoms with Crippen LogP contribution in [0.25, 0.3) is 0 Å². The lowest BCUT2D eigenvalue weighted by molar-refractivity contribution is -0.142. The van der Waals surface area contributed by atoms with E-state index in [0.29, 0.717) is 12.2 Å². The number of carboxylic acids is 1. The van der Waals surface area contributed by atoms with Crippen LogP contribution in [0, 0.1) is 0 Å². The minimum absolute atomic E-state index is 0.592. The van der Waals surface area contributed by atoms with Gasteiger partial charge in [0.15, 0.2) is 5.13 Å². The number of benzene rings is 1. The second-order valence-electron chi connectivity index (χ2n) is 5.39. The number of rotatable bonds is 5. The molecule has 4 nitrogen and oxygen atoms in total. The zero-order chi connectivity index (χ0) is 15.6. The first kappa shape index (κ1) is 16.0. The van der Waals surface area contributed by atoms with E-state index in [0.717, 1.165) is 15.2 Å². The molecule has 1 N–H and O–H groups in total. The first-order valence-electron chi connectivity index (χ1n) is 6.46. The van der Waals surface area contributed by atoms with Crippen LogP contribution in [0.1, 0.15) is 25.1 Å². The third kappa shape index (κ3) is 3.44. The number of nitrogens with zero attached hydrogens (tertiary/aromatic N) is 2.